The SMILES string of the molecule is CC1(c2ccc(I)n3nccc23)OCCO1. The smallest absolute Gasteiger partial charge is 0.194 e. The zero-order chi connectivity index (χ0) is 11.2. The zero-order valence-electron chi connectivity index (χ0n) is 8.81. The molecular formula is C11H11IN2O2. The minimum absolute atomic E-state index is 0.633. The van der Waals surface area contributed by atoms with Crippen LogP contribution >= 0.6 is 22.6 Å². The summed E-state index contributed by atoms with van der Waals surface area (Å²) in [7, 11) is 0. The fraction of sp³-hybridized carbons (Fsp3) is 0.364. The summed E-state index contributed by atoms with van der Waals surface area (Å²) >= 11 is 2.26. The lowest BCUT2D eigenvalue weighted by Gasteiger charge is -2.23. The van der Waals surface area contributed by atoms with Crippen LogP contribution in [0, 0.1) is 3.70 Å². The Morgan fingerprint density at radius 2 is 2.06 bits per heavy atom. The molecule has 0 radical (unpaired) electrons. The second-order valence-corrected chi connectivity index (χ2v) is 4.95. The lowest BCUT2D eigenvalue weighted by Crippen LogP contribution is -2.23. The maximum absolute atomic E-state index is 5.68. The van der Waals surface area contributed by atoms with E-state index in [-0.39, 0.29) is 0 Å². The van der Waals surface area contributed by atoms with Gasteiger partial charge in [-0.25, -0.2) is 4.52 Å². The Labute approximate surface area is 107 Å². The van der Waals surface area contributed by atoms with Crippen molar-refractivity contribution < 1.29 is 9.47 Å². The van der Waals surface area contributed by atoms with E-state index in [1.165, 1.54) is 0 Å². The Kier molecular flexibility index (Phi) is 2.41. The van der Waals surface area contributed by atoms with E-state index in [9.17, 15) is 0 Å². The third-order valence-corrected chi connectivity index (χ3v) is 3.65. The van der Waals surface area contributed by atoms with Gasteiger partial charge >= 0.3 is 0 Å². The highest BCUT2D eigenvalue weighted by atomic mass is 127. The van der Waals surface area contributed by atoms with E-state index in [4.69, 9.17) is 9.47 Å². The van der Waals surface area contributed by atoms with Gasteiger partial charge in [0.25, 0.3) is 0 Å². The first-order chi connectivity index (χ1) is 7.71. The molecule has 1 aliphatic rings. The second-order valence-electron chi connectivity index (χ2n) is 3.84. The molecule has 4 nitrogen and oxygen atoms in total. The molecule has 3 heterocycles. The van der Waals surface area contributed by atoms with Crippen molar-refractivity contribution in [3.63, 3.8) is 0 Å². The van der Waals surface area contributed by atoms with E-state index in [1.807, 2.05) is 29.6 Å². The molecule has 0 saturated carbocycles. The number of pyridine rings is 1. The van der Waals surface area contributed by atoms with Gasteiger partial charge in [-0.3, -0.25) is 0 Å². The molecule has 0 aliphatic carbocycles. The van der Waals surface area contributed by atoms with Crippen molar-refractivity contribution in [2.75, 3.05) is 13.2 Å². The van der Waals surface area contributed by atoms with Gasteiger partial charge in [-0.15, -0.1) is 0 Å². The zero-order valence-corrected chi connectivity index (χ0v) is 11.0. The molecule has 1 fully saturated rings. The fourth-order valence-corrected chi connectivity index (χ4v) is 2.60. The van der Waals surface area contributed by atoms with Crippen LogP contribution in [0.15, 0.2) is 24.4 Å². The summed E-state index contributed by atoms with van der Waals surface area (Å²) in [6, 6.07) is 6.05. The maximum atomic E-state index is 5.68. The number of fused-ring (bicyclic) bond motifs is 1. The normalized spacial score (nSPS) is 19.4. The quantitative estimate of drug-likeness (QED) is 0.594. The van der Waals surface area contributed by atoms with Crippen LogP contribution in [0.2, 0.25) is 0 Å². The molecule has 0 unspecified atom stereocenters. The van der Waals surface area contributed by atoms with Gasteiger partial charge in [-0.1, -0.05) is 0 Å². The summed E-state index contributed by atoms with van der Waals surface area (Å²) in [4.78, 5) is 0. The summed E-state index contributed by atoms with van der Waals surface area (Å²) in [5, 5.41) is 4.28. The first-order valence-electron chi connectivity index (χ1n) is 5.11. The van der Waals surface area contributed by atoms with E-state index in [2.05, 4.69) is 27.7 Å². The Hall–Kier alpha value is -0.660. The highest BCUT2D eigenvalue weighted by Gasteiger charge is 2.35. The van der Waals surface area contributed by atoms with Crippen molar-refractivity contribution in [3.8, 4) is 0 Å². The van der Waals surface area contributed by atoms with E-state index in [1.54, 1.807) is 6.20 Å². The Morgan fingerprint density at radius 1 is 1.31 bits per heavy atom. The minimum Gasteiger partial charge on any atom is -0.344 e. The fourth-order valence-electron chi connectivity index (χ4n) is 2.04. The Morgan fingerprint density at radius 3 is 2.81 bits per heavy atom. The summed E-state index contributed by atoms with van der Waals surface area (Å²) < 4.78 is 14.3. The average molecular weight is 330 g/mol. The van der Waals surface area contributed by atoms with Gasteiger partial charge in [0.05, 0.1) is 24.9 Å². The molecule has 0 aromatic carbocycles. The monoisotopic (exact) mass is 330 g/mol. The van der Waals surface area contributed by atoms with E-state index in [0.717, 1.165) is 14.8 Å². The number of hydrogen-bond acceptors (Lipinski definition) is 3. The van der Waals surface area contributed by atoms with Gasteiger partial charge in [-0.05, 0) is 47.7 Å². The number of hydrogen-bond donors (Lipinski definition) is 0. The molecule has 1 saturated heterocycles. The number of aromatic nitrogens is 2. The Balaban J connectivity index is 2.24. The first-order valence-corrected chi connectivity index (χ1v) is 6.19. The van der Waals surface area contributed by atoms with Crippen LogP contribution in [0.1, 0.15) is 12.5 Å². The predicted molar refractivity (Wildman–Crippen MR) is 67.2 cm³/mol. The topological polar surface area (TPSA) is 35.8 Å². The van der Waals surface area contributed by atoms with Crippen molar-refractivity contribution in [1.82, 2.24) is 9.61 Å². The standard InChI is InChI=1S/C11H11IN2O2/c1-11(15-6-7-16-11)8-2-3-10(12)14-9(8)4-5-13-14/h2-5H,6-7H2,1H3. The molecule has 84 valence electrons. The maximum Gasteiger partial charge on any atom is 0.194 e. The largest absolute Gasteiger partial charge is 0.344 e. The summed E-state index contributed by atoms with van der Waals surface area (Å²) in [5.41, 5.74) is 2.07. The van der Waals surface area contributed by atoms with E-state index in [0.29, 0.717) is 13.2 Å². The molecule has 2 aromatic rings. The number of ether oxygens (including phenoxy) is 2. The number of rotatable bonds is 1. The van der Waals surface area contributed by atoms with Crippen LogP contribution in [-0.4, -0.2) is 22.8 Å². The highest BCUT2D eigenvalue weighted by Crippen LogP contribution is 2.33. The van der Waals surface area contributed by atoms with Crippen molar-refractivity contribution in [1.29, 1.82) is 0 Å². The van der Waals surface area contributed by atoms with Crippen LogP contribution in [0.5, 0.6) is 0 Å². The van der Waals surface area contributed by atoms with Crippen LogP contribution in [0.3, 0.4) is 0 Å². The van der Waals surface area contributed by atoms with Crippen LogP contribution in [0.25, 0.3) is 5.52 Å². The van der Waals surface area contributed by atoms with Gasteiger partial charge in [0.1, 0.15) is 3.70 Å². The van der Waals surface area contributed by atoms with Gasteiger partial charge < -0.3 is 9.47 Å². The Bertz CT molecular complexity index is 532. The summed E-state index contributed by atoms with van der Waals surface area (Å²) in [6.45, 7) is 3.24. The van der Waals surface area contributed by atoms with Crippen LogP contribution in [0.4, 0.5) is 0 Å². The summed E-state index contributed by atoms with van der Waals surface area (Å²) in [5.74, 6) is -0.633. The molecule has 0 atom stereocenters. The number of halogens is 1. The third-order valence-electron chi connectivity index (χ3n) is 2.84. The average Bonchev–Trinajstić information content (AvgIpc) is 2.88. The van der Waals surface area contributed by atoms with Gasteiger partial charge in [-0.2, -0.15) is 5.10 Å². The van der Waals surface area contributed by atoms with E-state index < -0.39 is 5.79 Å². The molecule has 16 heavy (non-hydrogen) atoms. The third kappa shape index (κ3) is 1.46. The molecule has 0 N–H and O–H groups in total. The van der Waals surface area contributed by atoms with Crippen molar-refractivity contribution >= 4 is 28.1 Å². The lowest BCUT2D eigenvalue weighted by molar-refractivity contribution is -0.148. The second kappa shape index (κ2) is 3.68. The van der Waals surface area contributed by atoms with Crippen LogP contribution in [-0.2, 0) is 15.3 Å². The van der Waals surface area contributed by atoms with Crippen molar-refractivity contribution in [2.45, 2.75) is 12.7 Å². The predicted octanol–water partition coefficient (Wildman–Crippen LogP) is 2.16. The van der Waals surface area contributed by atoms with Gasteiger partial charge in [0.15, 0.2) is 5.79 Å². The first kappa shape index (κ1) is 10.5. The molecule has 2 aromatic heterocycles. The molecule has 3 rings (SSSR count). The van der Waals surface area contributed by atoms with Gasteiger partial charge in [0.2, 0.25) is 0 Å². The van der Waals surface area contributed by atoms with Crippen molar-refractivity contribution in [3.05, 3.63) is 33.7 Å². The number of nitrogens with zero attached hydrogens (tertiary/aromatic N) is 2. The van der Waals surface area contributed by atoms with Crippen LogP contribution < -0.4 is 0 Å². The molecule has 0 bridgehead atoms. The lowest BCUT2D eigenvalue weighted by atomic mass is 10.1. The molecular weight excluding hydrogens is 319 g/mol. The molecule has 0 amide bonds. The molecule has 0 spiro atoms. The molecule has 5 heteroatoms. The molecule has 1 aliphatic heterocycles. The van der Waals surface area contributed by atoms with Gasteiger partial charge in [0, 0.05) is 5.56 Å². The minimum atomic E-state index is -0.633. The van der Waals surface area contributed by atoms with E-state index >= 15 is 0 Å². The highest BCUT2D eigenvalue weighted by molar-refractivity contribution is 14.1. The summed E-state index contributed by atoms with van der Waals surface area (Å²) in [6.07, 6.45) is 1.79. The van der Waals surface area contributed by atoms with Crippen molar-refractivity contribution in [2.24, 2.45) is 0 Å².